The Morgan fingerprint density at radius 1 is 1.05 bits per heavy atom. The molecule has 7 nitrogen and oxygen atoms in total. The van der Waals surface area contributed by atoms with Crippen molar-refractivity contribution in [1.29, 1.82) is 0 Å². The highest BCUT2D eigenvalue weighted by Crippen LogP contribution is 2.11. The molecule has 1 aromatic rings. The van der Waals surface area contributed by atoms with Crippen LogP contribution in [0.15, 0.2) is 24.3 Å². The molecule has 0 atom stereocenters. The van der Waals surface area contributed by atoms with Crippen molar-refractivity contribution >= 4 is 17.7 Å². The van der Waals surface area contributed by atoms with Gasteiger partial charge < -0.3 is 20.3 Å². The predicted molar refractivity (Wildman–Crippen MR) is 81.6 cm³/mol. The van der Waals surface area contributed by atoms with Crippen LogP contribution in [-0.2, 0) is 9.59 Å². The molecule has 0 aromatic heterocycles. The van der Waals surface area contributed by atoms with Gasteiger partial charge in [0.25, 0.3) is 5.91 Å². The summed E-state index contributed by atoms with van der Waals surface area (Å²) in [7, 11) is 3.20. The number of nitrogens with zero attached hydrogens (tertiary/aromatic N) is 1. The lowest BCUT2D eigenvalue weighted by atomic mass is 10.2. The van der Waals surface area contributed by atoms with E-state index in [1.807, 2.05) is 6.92 Å². The van der Waals surface area contributed by atoms with Crippen LogP contribution in [0.5, 0.6) is 5.75 Å². The van der Waals surface area contributed by atoms with E-state index < -0.39 is 5.91 Å². The zero-order valence-electron chi connectivity index (χ0n) is 13.0. The standard InChI is InChI=1S/C15H21N3O4/c1-4-22-12-7-5-11(6-8-12)15(21)17-9-13(19)16-10-14(20)18(2)3/h5-8H,4,9-10H2,1-3H3,(H,16,19)(H,17,21). The zero-order valence-corrected chi connectivity index (χ0v) is 13.0. The van der Waals surface area contributed by atoms with Crippen LogP contribution in [-0.4, -0.2) is 56.4 Å². The van der Waals surface area contributed by atoms with E-state index in [-0.39, 0.29) is 24.9 Å². The molecular weight excluding hydrogens is 286 g/mol. The third-order valence-corrected chi connectivity index (χ3v) is 2.77. The number of carbonyl (C=O) groups excluding carboxylic acids is 3. The molecule has 0 unspecified atom stereocenters. The van der Waals surface area contributed by atoms with Gasteiger partial charge in [-0.1, -0.05) is 0 Å². The third-order valence-electron chi connectivity index (χ3n) is 2.77. The van der Waals surface area contributed by atoms with Gasteiger partial charge in [0.2, 0.25) is 11.8 Å². The van der Waals surface area contributed by atoms with E-state index in [0.29, 0.717) is 17.9 Å². The Morgan fingerprint density at radius 3 is 2.23 bits per heavy atom. The summed E-state index contributed by atoms with van der Waals surface area (Å²) in [6, 6.07) is 6.62. The van der Waals surface area contributed by atoms with Crippen molar-refractivity contribution in [3.63, 3.8) is 0 Å². The number of nitrogens with one attached hydrogen (secondary N) is 2. The van der Waals surface area contributed by atoms with Crippen LogP contribution in [0.25, 0.3) is 0 Å². The van der Waals surface area contributed by atoms with Crippen LogP contribution < -0.4 is 15.4 Å². The molecule has 3 amide bonds. The first kappa shape index (κ1) is 17.5. The smallest absolute Gasteiger partial charge is 0.251 e. The van der Waals surface area contributed by atoms with E-state index in [1.165, 1.54) is 4.90 Å². The van der Waals surface area contributed by atoms with Crippen LogP contribution >= 0.6 is 0 Å². The molecule has 0 aliphatic rings. The molecule has 0 spiro atoms. The number of amides is 3. The van der Waals surface area contributed by atoms with Gasteiger partial charge in [0.1, 0.15) is 5.75 Å². The van der Waals surface area contributed by atoms with E-state index in [1.54, 1.807) is 38.4 Å². The van der Waals surface area contributed by atoms with Crippen LogP contribution in [0.2, 0.25) is 0 Å². The summed E-state index contributed by atoms with van der Waals surface area (Å²) in [6.07, 6.45) is 0. The number of likely N-dealkylation sites (N-methyl/N-ethyl adjacent to an activating group) is 1. The zero-order chi connectivity index (χ0) is 16.5. The lowest BCUT2D eigenvalue weighted by molar-refractivity contribution is -0.130. The van der Waals surface area contributed by atoms with E-state index in [4.69, 9.17) is 4.74 Å². The van der Waals surface area contributed by atoms with Gasteiger partial charge in [-0.2, -0.15) is 0 Å². The van der Waals surface area contributed by atoms with Crippen molar-refractivity contribution in [1.82, 2.24) is 15.5 Å². The maximum absolute atomic E-state index is 11.9. The van der Waals surface area contributed by atoms with Gasteiger partial charge in [-0.05, 0) is 31.2 Å². The Morgan fingerprint density at radius 2 is 1.68 bits per heavy atom. The topological polar surface area (TPSA) is 87.7 Å². The Labute approximate surface area is 129 Å². The van der Waals surface area contributed by atoms with Gasteiger partial charge >= 0.3 is 0 Å². The number of rotatable bonds is 7. The highest BCUT2D eigenvalue weighted by atomic mass is 16.5. The molecular formula is C15H21N3O4. The summed E-state index contributed by atoms with van der Waals surface area (Å²) < 4.78 is 5.28. The molecule has 0 bridgehead atoms. The minimum Gasteiger partial charge on any atom is -0.494 e. The SMILES string of the molecule is CCOc1ccc(C(=O)NCC(=O)NCC(=O)N(C)C)cc1. The number of hydrogen-bond donors (Lipinski definition) is 2. The second-order valence-electron chi connectivity index (χ2n) is 4.70. The van der Waals surface area contributed by atoms with Crippen molar-refractivity contribution in [2.75, 3.05) is 33.8 Å². The first-order valence-electron chi connectivity index (χ1n) is 6.92. The molecule has 0 saturated heterocycles. The summed E-state index contributed by atoms with van der Waals surface area (Å²) in [5, 5.41) is 4.92. The maximum atomic E-state index is 11.9. The van der Waals surface area contributed by atoms with E-state index >= 15 is 0 Å². The Bertz CT molecular complexity index is 526. The lowest BCUT2D eigenvalue weighted by Crippen LogP contribution is -2.41. The summed E-state index contributed by atoms with van der Waals surface area (Å²) in [6.45, 7) is 2.15. The first-order chi connectivity index (χ1) is 10.4. The minimum absolute atomic E-state index is 0.0925. The average Bonchev–Trinajstić information content (AvgIpc) is 2.51. The van der Waals surface area contributed by atoms with Crippen molar-refractivity contribution in [2.24, 2.45) is 0 Å². The molecule has 120 valence electrons. The van der Waals surface area contributed by atoms with Crippen molar-refractivity contribution in [2.45, 2.75) is 6.92 Å². The average molecular weight is 307 g/mol. The molecule has 0 fully saturated rings. The lowest BCUT2D eigenvalue weighted by Gasteiger charge is -2.11. The highest BCUT2D eigenvalue weighted by molar-refractivity contribution is 5.96. The van der Waals surface area contributed by atoms with Crippen LogP contribution in [0, 0.1) is 0 Å². The van der Waals surface area contributed by atoms with Crippen molar-refractivity contribution in [3.05, 3.63) is 29.8 Å². The second kappa shape index (κ2) is 8.66. The largest absolute Gasteiger partial charge is 0.494 e. The second-order valence-corrected chi connectivity index (χ2v) is 4.70. The first-order valence-corrected chi connectivity index (χ1v) is 6.92. The van der Waals surface area contributed by atoms with E-state index in [0.717, 1.165) is 0 Å². The minimum atomic E-state index is -0.422. The van der Waals surface area contributed by atoms with Crippen molar-refractivity contribution in [3.8, 4) is 5.75 Å². The number of hydrogen-bond acceptors (Lipinski definition) is 4. The molecule has 0 aliphatic heterocycles. The molecule has 0 saturated carbocycles. The van der Waals surface area contributed by atoms with E-state index in [2.05, 4.69) is 10.6 Å². The Balaban J connectivity index is 2.38. The Hall–Kier alpha value is -2.57. The molecule has 22 heavy (non-hydrogen) atoms. The van der Waals surface area contributed by atoms with Gasteiger partial charge in [0.15, 0.2) is 0 Å². The molecule has 0 aliphatic carbocycles. The maximum Gasteiger partial charge on any atom is 0.251 e. The monoisotopic (exact) mass is 307 g/mol. The fraction of sp³-hybridized carbons (Fsp3) is 0.400. The van der Waals surface area contributed by atoms with Crippen LogP contribution in [0.3, 0.4) is 0 Å². The van der Waals surface area contributed by atoms with Gasteiger partial charge in [0, 0.05) is 19.7 Å². The van der Waals surface area contributed by atoms with Gasteiger partial charge in [-0.15, -0.1) is 0 Å². The quantitative estimate of drug-likeness (QED) is 0.743. The summed E-state index contributed by atoms with van der Waals surface area (Å²) >= 11 is 0. The molecule has 0 radical (unpaired) electrons. The molecule has 2 N–H and O–H groups in total. The van der Waals surface area contributed by atoms with Crippen LogP contribution in [0.4, 0.5) is 0 Å². The molecule has 7 heteroatoms. The summed E-state index contributed by atoms with van der Waals surface area (Å²) in [5.41, 5.74) is 0.431. The summed E-state index contributed by atoms with van der Waals surface area (Å²) in [4.78, 5) is 36.1. The fourth-order valence-electron chi connectivity index (χ4n) is 1.53. The molecule has 1 rings (SSSR count). The van der Waals surface area contributed by atoms with Gasteiger partial charge in [-0.3, -0.25) is 14.4 Å². The number of benzene rings is 1. The predicted octanol–water partition coefficient (Wildman–Crippen LogP) is 0.0195. The normalized spacial score (nSPS) is 9.77. The highest BCUT2D eigenvalue weighted by Gasteiger charge is 2.10. The fourth-order valence-corrected chi connectivity index (χ4v) is 1.53. The molecule has 0 heterocycles. The third kappa shape index (κ3) is 5.82. The number of carbonyl (C=O) groups is 3. The molecule has 1 aromatic carbocycles. The van der Waals surface area contributed by atoms with Gasteiger partial charge in [0.05, 0.1) is 19.7 Å². The Kier molecular flexibility index (Phi) is 6.88. The van der Waals surface area contributed by atoms with E-state index in [9.17, 15) is 14.4 Å². The number of ether oxygens (including phenoxy) is 1. The van der Waals surface area contributed by atoms with Crippen LogP contribution in [0.1, 0.15) is 17.3 Å². The summed E-state index contributed by atoms with van der Waals surface area (Å²) in [5.74, 6) is -0.322. The van der Waals surface area contributed by atoms with Gasteiger partial charge in [-0.25, -0.2) is 0 Å². The van der Waals surface area contributed by atoms with Crippen molar-refractivity contribution < 1.29 is 19.1 Å².